The SMILES string of the molecule is Cc1ccc(C(C)N(C)C(C)C)c(N)n1. The number of aryl methyl sites for hydroxylation is 1. The Balaban J connectivity index is 2.96. The van der Waals surface area contributed by atoms with Crippen LogP contribution in [0.4, 0.5) is 5.82 Å². The highest BCUT2D eigenvalue weighted by Crippen LogP contribution is 2.24. The highest BCUT2D eigenvalue weighted by atomic mass is 15.1. The lowest BCUT2D eigenvalue weighted by Gasteiger charge is -2.29. The number of anilines is 1. The molecule has 1 aromatic heterocycles. The summed E-state index contributed by atoms with van der Waals surface area (Å²) < 4.78 is 0. The summed E-state index contributed by atoms with van der Waals surface area (Å²) in [7, 11) is 2.11. The van der Waals surface area contributed by atoms with Crippen LogP contribution in [0.3, 0.4) is 0 Å². The summed E-state index contributed by atoms with van der Waals surface area (Å²) in [6.07, 6.45) is 0. The molecule has 0 aliphatic rings. The first kappa shape index (κ1) is 12.0. The van der Waals surface area contributed by atoms with E-state index in [1.54, 1.807) is 0 Å². The largest absolute Gasteiger partial charge is 0.383 e. The number of pyridine rings is 1. The smallest absolute Gasteiger partial charge is 0.128 e. The summed E-state index contributed by atoms with van der Waals surface area (Å²) in [4.78, 5) is 6.57. The number of nitrogens with two attached hydrogens (primary N) is 1. The summed E-state index contributed by atoms with van der Waals surface area (Å²) >= 11 is 0. The molecule has 0 aliphatic carbocycles. The van der Waals surface area contributed by atoms with E-state index in [1.807, 2.05) is 13.0 Å². The average Bonchev–Trinajstić information content (AvgIpc) is 2.15. The molecule has 0 saturated heterocycles. The second-order valence-corrected chi connectivity index (χ2v) is 4.36. The maximum atomic E-state index is 5.92. The molecule has 3 heteroatoms. The predicted octanol–water partition coefficient (Wildman–Crippen LogP) is 2.37. The third kappa shape index (κ3) is 2.69. The number of hydrogen-bond acceptors (Lipinski definition) is 3. The van der Waals surface area contributed by atoms with Crippen molar-refractivity contribution in [2.75, 3.05) is 12.8 Å². The lowest BCUT2D eigenvalue weighted by molar-refractivity contribution is 0.210. The zero-order valence-corrected chi connectivity index (χ0v) is 10.3. The summed E-state index contributed by atoms with van der Waals surface area (Å²) in [5.74, 6) is 0.648. The van der Waals surface area contributed by atoms with E-state index in [0.29, 0.717) is 17.9 Å². The number of nitrogen functional groups attached to an aromatic ring is 1. The van der Waals surface area contributed by atoms with Gasteiger partial charge in [-0.15, -0.1) is 0 Å². The van der Waals surface area contributed by atoms with Crippen LogP contribution in [-0.4, -0.2) is 23.0 Å². The van der Waals surface area contributed by atoms with Crippen LogP contribution in [0.1, 0.15) is 38.1 Å². The van der Waals surface area contributed by atoms with Crippen LogP contribution in [-0.2, 0) is 0 Å². The van der Waals surface area contributed by atoms with E-state index >= 15 is 0 Å². The Morgan fingerprint density at radius 3 is 2.33 bits per heavy atom. The predicted molar refractivity (Wildman–Crippen MR) is 64.7 cm³/mol. The maximum absolute atomic E-state index is 5.92. The van der Waals surface area contributed by atoms with Crippen molar-refractivity contribution >= 4 is 5.82 Å². The quantitative estimate of drug-likeness (QED) is 0.827. The Labute approximate surface area is 92.3 Å². The van der Waals surface area contributed by atoms with E-state index in [1.165, 1.54) is 0 Å². The molecule has 1 rings (SSSR count). The number of aromatic nitrogens is 1. The lowest BCUT2D eigenvalue weighted by Crippen LogP contribution is -2.29. The molecule has 0 aliphatic heterocycles. The van der Waals surface area contributed by atoms with Gasteiger partial charge in [0.1, 0.15) is 5.82 Å². The van der Waals surface area contributed by atoms with Gasteiger partial charge in [-0.3, -0.25) is 4.90 Å². The molecule has 0 spiro atoms. The van der Waals surface area contributed by atoms with Crippen molar-refractivity contribution in [1.29, 1.82) is 0 Å². The van der Waals surface area contributed by atoms with Crippen molar-refractivity contribution in [3.05, 3.63) is 23.4 Å². The van der Waals surface area contributed by atoms with Gasteiger partial charge in [-0.2, -0.15) is 0 Å². The minimum atomic E-state index is 0.304. The molecule has 0 fully saturated rings. The van der Waals surface area contributed by atoms with E-state index in [2.05, 4.69) is 43.8 Å². The van der Waals surface area contributed by atoms with Crippen LogP contribution < -0.4 is 5.73 Å². The molecule has 84 valence electrons. The summed E-state index contributed by atoms with van der Waals surface area (Å²) in [6.45, 7) is 8.46. The Hall–Kier alpha value is -1.09. The maximum Gasteiger partial charge on any atom is 0.128 e. The fourth-order valence-corrected chi connectivity index (χ4v) is 1.61. The Bertz CT molecular complexity index is 334. The molecular formula is C12H21N3. The van der Waals surface area contributed by atoms with E-state index in [4.69, 9.17) is 5.73 Å². The first-order chi connectivity index (χ1) is 6.93. The van der Waals surface area contributed by atoms with E-state index in [0.717, 1.165) is 11.3 Å². The summed E-state index contributed by atoms with van der Waals surface area (Å²) in [5, 5.41) is 0. The zero-order chi connectivity index (χ0) is 11.6. The van der Waals surface area contributed by atoms with Crippen molar-refractivity contribution in [3.63, 3.8) is 0 Å². The van der Waals surface area contributed by atoms with Crippen molar-refractivity contribution in [2.45, 2.75) is 39.8 Å². The molecule has 0 amide bonds. The van der Waals surface area contributed by atoms with Gasteiger partial charge in [0, 0.05) is 23.3 Å². The van der Waals surface area contributed by atoms with Gasteiger partial charge in [-0.25, -0.2) is 4.98 Å². The molecule has 0 radical (unpaired) electrons. The van der Waals surface area contributed by atoms with E-state index in [-0.39, 0.29) is 0 Å². The van der Waals surface area contributed by atoms with E-state index < -0.39 is 0 Å². The van der Waals surface area contributed by atoms with Crippen LogP contribution in [0.5, 0.6) is 0 Å². The van der Waals surface area contributed by atoms with Crippen molar-refractivity contribution in [1.82, 2.24) is 9.88 Å². The third-order valence-electron chi connectivity index (χ3n) is 2.97. The van der Waals surface area contributed by atoms with Crippen molar-refractivity contribution in [3.8, 4) is 0 Å². The normalized spacial score (nSPS) is 13.5. The Kier molecular flexibility index (Phi) is 3.69. The highest BCUT2D eigenvalue weighted by molar-refractivity contribution is 5.42. The van der Waals surface area contributed by atoms with Crippen LogP contribution in [0.25, 0.3) is 0 Å². The van der Waals surface area contributed by atoms with Crippen LogP contribution in [0.2, 0.25) is 0 Å². The van der Waals surface area contributed by atoms with Gasteiger partial charge in [-0.1, -0.05) is 6.07 Å². The molecule has 3 nitrogen and oxygen atoms in total. The van der Waals surface area contributed by atoms with Gasteiger partial charge in [-0.05, 0) is 40.8 Å². The molecule has 0 aromatic carbocycles. The molecule has 1 atom stereocenters. The fraction of sp³-hybridized carbons (Fsp3) is 0.583. The van der Waals surface area contributed by atoms with Gasteiger partial charge >= 0.3 is 0 Å². The molecule has 1 unspecified atom stereocenters. The molecule has 15 heavy (non-hydrogen) atoms. The molecule has 0 bridgehead atoms. The summed E-state index contributed by atoms with van der Waals surface area (Å²) in [6, 6.07) is 4.89. The van der Waals surface area contributed by atoms with E-state index in [9.17, 15) is 0 Å². The summed E-state index contributed by atoms with van der Waals surface area (Å²) in [5.41, 5.74) is 8.00. The minimum absolute atomic E-state index is 0.304. The van der Waals surface area contributed by atoms with Gasteiger partial charge in [0.05, 0.1) is 0 Å². The molecular weight excluding hydrogens is 186 g/mol. The minimum Gasteiger partial charge on any atom is -0.383 e. The first-order valence-electron chi connectivity index (χ1n) is 5.38. The molecule has 1 heterocycles. The molecule has 1 aromatic rings. The number of hydrogen-bond donors (Lipinski definition) is 1. The van der Waals surface area contributed by atoms with Crippen molar-refractivity contribution in [2.24, 2.45) is 0 Å². The van der Waals surface area contributed by atoms with Gasteiger partial charge in [0.15, 0.2) is 0 Å². The Morgan fingerprint density at radius 1 is 1.27 bits per heavy atom. The van der Waals surface area contributed by atoms with Crippen LogP contribution in [0, 0.1) is 6.92 Å². The van der Waals surface area contributed by atoms with Gasteiger partial charge < -0.3 is 5.73 Å². The first-order valence-corrected chi connectivity index (χ1v) is 5.38. The molecule has 2 N–H and O–H groups in total. The second-order valence-electron chi connectivity index (χ2n) is 4.36. The average molecular weight is 207 g/mol. The standard InChI is InChI=1S/C12H21N3/c1-8(2)15(5)10(4)11-7-6-9(3)14-12(11)13/h6-8,10H,1-5H3,(H2,13,14). The Morgan fingerprint density at radius 2 is 1.87 bits per heavy atom. The van der Waals surface area contributed by atoms with Crippen LogP contribution in [0.15, 0.2) is 12.1 Å². The van der Waals surface area contributed by atoms with Crippen LogP contribution >= 0.6 is 0 Å². The second kappa shape index (κ2) is 4.62. The third-order valence-corrected chi connectivity index (χ3v) is 2.97. The van der Waals surface area contributed by atoms with Crippen molar-refractivity contribution < 1.29 is 0 Å². The number of nitrogens with zero attached hydrogens (tertiary/aromatic N) is 2. The monoisotopic (exact) mass is 207 g/mol. The highest BCUT2D eigenvalue weighted by Gasteiger charge is 2.16. The lowest BCUT2D eigenvalue weighted by atomic mass is 10.1. The molecule has 0 saturated carbocycles. The topological polar surface area (TPSA) is 42.1 Å². The zero-order valence-electron chi connectivity index (χ0n) is 10.3. The fourth-order valence-electron chi connectivity index (χ4n) is 1.61. The van der Waals surface area contributed by atoms with Gasteiger partial charge in [0.2, 0.25) is 0 Å². The number of rotatable bonds is 3. The van der Waals surface area contributed by atoms with Gasteiger partial charge in [0.25, 0.3) is 0 Å².